The van der Waals surface area contributed by atoms with Gasteiger partial charge in [-0.25, -0.2) is 0 Å². The first-order chi connectivity index (χ1) is 9.35. The van der Waals surface area contributed by atoms with E-state index in [1.54, 1.807) is 0 Å². The van der Waals surface area contributed by atoms with Crippen LogP contribution in [-0.4, -0.2) is 17.3 Å². The lowest BCUT2D eigenvalue weighted by Gasteiger charge is -2.15. The monoisotopic (exact) mass is 340 g/mol. The first-order valence-electron chi connectivity index (χ1n) is 8.04. The van der Waals surface area contributed by atoms with Gasteiger partial charge in [0.15, 0.2) is 0 Å². The van der Waals surface area contributed by atoms with Gasteiger partial charge in [-0.15, -0.1) is 34.1 Å². The predicted octanol–water partition coefficient (Wildman–Crippen LogP) is 7.98. The van der Waals surface area contributed by atoms with Crippen LogP contribution in [0, 0.1) is 0 Å². The minimum Gasteiger partial charge on any atom is -0.112 e. The molecule has 116 valence electrons. The average Bonchev–Trinajstić information content (AvgIpc) is 2.43. The third kappa shape index (κ3) is 15.7. The van der Waals surface area contributed by atoms with Gasteiger partial charge in [-0.1, -0.05) is 59.3 Å². The van der Waals surface area contributed by atoms with E-state index in [1.807, 2.05) is 0 Å². The van der Waals surface area contributed by atoms with E-state index < -0.39 is 0 Å². The third-order valence-corrected chi connectivity index (χ3v) is 14.1. The first-order valence-corrected chi connectivity index (χ1v) is 14.1. The molecule has 0 radical (unpaired) electrons. The molecule has 0 N–H and O–H groups in total. The highest BCUT2D eigenvalue weighted by Gasteiger charge is 2.10. The van der Waals surface area contributed by atoms with Crippen LogP contribution in [0.3, 0.4) is 0 Å². The molecule has 0 amide bonds. The van der Waals surface area contributed by atoms with Gasteiger partial charge in [0, 0.05) is 0 Å². The average molecular weight is 341 g/mol. The molecule has 0 saturated heterocycles. The summed E-state index contributed by atoms with van der Waals surface area (Å²) < 4.78 is 0. The van der Waals surface area contributed by atoms with Crippen LogP contribution in [0.1, 0.15) is 78.6 Å². The maximum Gasteiger partial charge on any atom is 0.0729 e. The standard InChI is InChI=1S/C15H33PS3/c1-4-7-10-13-17-16(18-14-11-8-5-2)19-15-12-9-6-3/h4-15H2,1-3H3. The fourth-order valence-electron chi connectivity index (χ4n) is 1.59. The van der Waals surface area contributed by atoms with Crippen LogP contribution in [0.4, 0.5) is 0 Å². The van der Waals surface area contributed by atoms with E-state index in [0.29, 0.717) is 0 Å². The van der Waals surface area contributed by atoms with Crippen LogP contribution in [0.15, 0.2) is 0 Å². The molecule has 0 nitrogen and oxygen atoms in total. The second kappa shape index (κ2) is 17.5. The van der Waals surface area contributed by atoms with E-state index in [4.69, 9.17) is 0 Å². The summed E-state index contributed by atoms with van der Waals surface area (Å²) in [5.41, 5.74) is 0.139. The molecule has 0 fully saturated rings. The van der Waals surface area contributed by atoms with Crippen molar-refractivity contribution in [2.24, 2.45) is 0 Å². The second-order valence-electron chi connectivity index (χ2n) is 4.84. The van der Waals surface area contributed by atoms with Crippen molar-refractivity contribution in [1.29, 1.82) is 0 Å². The summed E-state index contributed by atoms with van der Waals surface area (Å²) in [5.74, 6) is 4.17. The molecule has 0 bridgehead atoms. The Kier molecular flexibility index (Phi) is 18.9. The maximum atomic E-state index is 2.30. The molecule has 4 heteroatoms. The first kappa shape index (κ1) is 20.5. The van der Waals surface area contributed by atoms with E-state index in [-0.39, 0.29) is 5.53 Å². The Bertz CT molecular complexity index is 139. The Morgan fingerprint density at radius 2 is 0.842 bits per heavy atom. The molecule has 0 aliphatic heterocycles. The summed E-state index contributed by atoms with van der Waals surface area (Å²) >= 11 is 6.80. The van der Waals surface area contributed by atoms with Crippen molar-refractivity contribution < 1.29 is 0 Å². The Morgan fingerprint density at radius 1 is 0.526 bits per heavy atom. The maximum absolute atomic E-state index is 2.30. The smallest absolute Gasteiger partial charge is 0.0729 e. The zero-order valence-corrected chi connectivity index (χ0v) is 16.5. The van der Waals surface area contributed by atoms with E-state index in [1.165, 1.54) is 75.0 Å². The Hall–Kier alpha value is 1.48. The van der Waals surface area contributed by atoms with E-state index in [2.05, 4.69) is 54.9 Å². The molecule has 0 rings (SSSR count). The fraction of sp³-hybridized carbons (Fsp3) is 1.00. The van der Waals surface area contributed by atoms with Crippen molar-refractivity contribution in [2.45, 2.75) is 78.6 Å². The third-order valence-electron chi connectivity index (χ3n) is 2.83. The molecule has 0 aliphatic carbocycles. The lowest BCUT2D eigenvalue weighted by molar-refractivity contribution is 0.779. The molecule has 0 aliphatic rings. The molecule has 0 saturated carbocycles. The summed E-state index contributed by atoms with van der Waals surface area (Å²) in [7, 11) is 0. The molecule has 0 aromatic heterocycles. The van der Waals surface area contributed by atoms with Crippen LogP contribution in [-0.2, 0) is 0 Å². The van der Waals surface area contributed by atoms with Crippen molar-refractivity contribution in [3.05, 3.63) is 0 Å². The van der Waals surface area contributed by atoms with Crippen LogP contribution in [0.5, 0.6) is 0 Å². The van der Waals surface area contributed by atoms with Crippen molar-refractivity contribution in [1.82, 2.24) is 0 Å². The van der Waals surface area contributed by atoms with E-state index in [9.17, 15) is 0 Å². The minimum atomic E-state index is 0.139. The van der Waals surface area contributed by atoms with Crippen molar-refractivity contribution in [3.63, 3.8) is 0 Å². The quantitative estimate of drug-likeness (QED) is 0.219. The van der Waals surface area contributed by atoms with Crippen molar-refractivity contribution >= 4 is 39.7 Å². The summed E-state index contributed by atoms with van der Waals surface area (Å²) in [4.78, 5) is 0. The molecular weight excluding hydrogens is 307 g/mol. The number of hydrogen-bond acceptors (Lipinski definition) is 3. The van der Waals surface area contributed by atoms with Crippen molar-refractivity contribution in [2.75, 3.05) is 17.3 Å². The Morgan fingerprint density at radius 3 is 1.11 bits per heavy atom. The molecule has 0 heterocycles. The van der Waals surface area contributed by atoms with Gasteiger partial charge in [-0.05, 0) is 36.5 Å². The van der Waals surface area contributed by atoms with Gasteiger partial charge in [-0.3, -0.25) is 0 Å². The highest BCUT2D eigenvalue weighted by atomic mass is 33.4. The summed E-state index contributed by atoms with van der Waals surface area (Å²) in [6, 6.07) is 0. The summed E-state index contributed by atoms with van der Waals surface area (Å²) in [5, 5.41) is 0. The topological polar surface area (TPSA) is 0 Å². The van der Waals surface area contributed by atoms with Gasteiger partial charge in [0.1, 0.15) is 0 Å². The zero-order chi connectivity index (χ0) is 14.2. The molecule has 0 aromatic rings. The summed E-state index contributed by atoms with van der Waals surface area (Å²) in [6.07, 6.45) is 12.6. The van der Waals surface area contributed by atoms with Gasteiger partial charge >= 0.3 is 0 Å². The predicted molar refractivity (Wildman–Crippen MR) is 103 cm³/mol. The highest BCUT2D eigenvalue weighted by Crippen LogP contribution is 2.70. The van der Waals surface area contributed by atoms with Crippen LogP contribution >= 0.6 is 39.7 Å². The van der Waals surface area contributed by atoms with Crippen molar-refractivity contribution in [3.8, 4) is 0 Å². The lowest BCUT2D eigenvalue weighted by atomic mass is 10.3. The van der Waals surface area contributed by atoms with Crippen LogP contribution < -0.4 is 0 Å². The summed E-state index contributed by atoms with van der Waals surface area (Å²) in [6.45, 7) is 6.89. The van der Waals surface area contributed by atoms with Gasteiger partial charge in [0.05, 0.1) is 5.53 Å². The second-order valence-corrected chi connectivity index (χ2v) is 15.0. The zero-order valence-electron chi connectivity index (χ0n) is 13.2. The van der Waals surface area contributed by atoms with Gasteiger partial charge in [0.25, 0.3) is 0 Å². The van der Waals surface area contributed by atoms with Gasteiger partial charge in [-0.2, -0.15) is 0 Å². The molecule has 0 atom stereocenters. The molecule has 0 unspecified atom stereocenters. The van der Waals surface area contributed by atoms with Crippen LogP contribution in [0.25, 0.3) is 0 Å². The van der Waals surface area contributed by atoms with Gasteiger partial charge < -0.3 is 0 Å². The normalized spacial score (nSPS) is 11.4. The molecule has 0 aromatic carbocycles. The molecular formula is C15H33PS3. The SMILES string of the molecule is CCCCCSP(SCCCCC)SCCCCC. The van der Waals surface area contributed by atoms with E-state index >= 15 is 0 Å². The van der Waals surface area contributed by atoms with Gasteiger partial charge in [0.2, 0.25) is 0 Å². The lowest BCUT2D eigenvalue weighted by Crippen LogP contribution is -1.81. The van der Waals surface area contributed by atoms with Crippen LogP contribution in [0.2, 0.25) is 0 Å². The number of rotatable bonds is 15. The minimum absolute atomic E-state index is 0.139. The molecule has 0 spiro atoms. The van der Waals surface area contributed by atoms with E-state index in [0.717, 1.165) is 0 Å². The number of unbranched alkanes of at least 4 members (excludes halogenated alkanes) is 6. The highest BCUT2D eigenvalue weighted by molar-refractivity contribution is 9.12. The Labute approximate surface area is 135 Å². The molecule has 19 heavy (non-hydrogen) atoms. The number of hydrogen-bond donors (Lipinski definition) is 0. The Balaban J connectivity index is 3.66. The fourth-order valence-corrected chi connectivity index (χ4v) is 12.5. The largest absolute Gasteiger partial charge is 0.112 e.